The molecule has 0 saturated heterocycles. The van der Waals surface area contributed by atoms with E-state index in [0.717, 1.165) is 3.57 Å². The van der Waals surface area contributed by atoms with Crippen LogP contribution in [0, 0.1) is 8.98 Å². The molecule has 0 amide bonds. The Hall–Kier alpha value is -1.86. The molecule has 2 N–H and O–H groups in total. The van der Waals surface area contributed by atoms with Crippen LogP contribution in [-0.2, 0) is 9.53 Å². The third-order valence-electron chi connectivity index (χ3n) is 3.23. The standard InChI is InChI=1S/C18H15ClINO3/c1-2-24-18(23)15(16(21)11-7-9-12(20)10-8-11)17(22)13-5-3-4-6-14(13)19/h3-10,21-22H,2H2,1H3. The number of ether oxygens (including phenoxy) is 1. The van der Waals surface area contributed by atoms with E-state index in [-0.39, 0.29) is 34.2 Å². The smallest absolute Gasteiger partial charge is 0.344 e. The normalized spacial score (nSPS) is 11.6. The van der Waals surface area contributed by atoms with Crippen LogP contribution in [0.25, 0.3) is 5.76 Å². The SMILES string of the molecule is CCOC(=O)C(C(=N)c1ccc(I)cc1)=C(O)c1ccccc1Cl. The van der Waals surface area contributed by atoms with Crippen molar-refractivity contribution in [3.05, 3.63) is 73.8 Å². The topological polar surface area (TPSA) is 70.4 Å². The molecule has 0 heterocycles. The Morgan fingerprint density at radius 3 is 2.42 bits per heavy atom. The molecule has 124 valence electrons. The van der Waals surface area contributed by atoms with E-state index in [1.54, 1.807) is 43.3 Å². The summed E-state index contributed by atoms with van der Waals surface area (Å²) in [6.07, 6.45) is 0. The van der Waals surface area contributed by atoms with Crippen LogP contribution in [0.3, 0.4) is 0 Å². The summed E-state index contributed by atoms with van der Waals surface area (Å²) in [5, 5.41) is 19.2. The first kappa shape index (κ1) is 18.5. The summed E-state index contributed by atoms with van der Waals surface area (Å²) in [5.74, 6) is -1.14. The van der Waals surface area contributed by atoms with Crippen molar-refractivity contribution in [1.82, 2.24) is 0 Å². The molecule has 0 unspecified atom stereocenters. The molecule has 0 aromatic heterocycles. The second-order valence-electron chi connectivity index (χ2n) is 4.81. The van der Waals surface area contributed by atoms with E-state index in [1.807, 2.05) is 12.1 Å². The molecule has 0 radical (unpaired) electrons. The number of carbonyl (C=O) groups is 1. The summed E-state index contributed by atoms with van der Waals surface area (Å²) < 4.78 is 6.01. The highest BCUT2D eigenvalue weighted by Crippen LogP contribution is 2.26. The Kier molecular flexibility index (Phi) is 6.39. The molecule has 4 nitrogen and oxygen atoms in total. The molecule has 6 heteroatoms. The Morgan fingerprint density at radius 1 is 1.21 bits per heavy atom. The number of rotatable bonds is 5. The van der Waals surface area contributed by atoms with Gasteiger partial charge in [0, 0.05) is 14.7 Å². The molecule has 0 saturated carbocycles. The third-order valence-corrected chi connectivity index (χ3v) is 4.28. The molecule has 0 spiro atoms. The Labute approximate surface area is 158 Å². The van der Waals surface area contributed by atoms with Crippen LogP contribution in [-0.4, -0.2) is 23.4 Å². The van der Waals surface area contributed by atoms with E-state index in [1.165, 1.54) is 0 Å². The van der Waals surface area contributed by atoms with E-state index < -0.39 is 5.97 Å². The lowest BCUT2D eigenvalue weighted by Gasteiger charge is -2.13. The fraction of sp³-hybridized carbons (Fsp3) is 0.111. The average molecular weight is 456 g/mol. The number of hydrogen-bond donors (Lipinski definition) is 2. The van der Waals surface area contributed by atoms with E-state index in [2.05, 4.69) is 22.6 Å². The number of carbonyl (C=O) groups excluding carboxylic acids is 1. The Balaban J connectivity index is 2.58. The number of halogens is 2. The zero-order chi connectivity index (χ0) is 17.7. The molecule has 0 bridgehead atoms. The molecular weight excluding hydrogens is 441 g/mol. The van der Waals surface area contributed by atoms with Gasteiger partial charge < -0.3 is 9.84 Å². The van der Waals surface area contributed by atoms with Gasteiger partial charge in [0.05, 0.1) is 17.3 Å². The molecule has 2 aromatic rings. The highest BCUT2D eigenvalue weighted by Gasteiger charge is 2.24. The Bertz CT molecular complexity index is 800. The van der Waals surface area contributed by atoms with E-state index in [9.17, 15) is 9.90 Å². The quantitative estimate of drug-likeness (QED) is 0.223. The lowest BCUT2D eigenvalue weighted by Crippen LogP contribution is -2.18. The van der Waals surface area contributed by atoms with Gasteiger partial charge in [-0.15, -0.1) is 0 Å². The number of aliphatic hydroxyl groups is 1. The first-order valence-corrected chi connectivity index (χ1v) is 8.61. The maximum atomic E-state index is 12.3. The zero-order valence-electron chi connectivity index (χ0n) is 12.8. The highest BCUT2D eigenvalue weighted by molar-refractivity contribution is 14.1. The lowest BCUT2D eigenvalue weighted by atomic mass is 9.98. The predicted molar refractivity (Wildman–Crippen MR) is 104 cm³/mol. The molecular formula is C18H15ClINO3. The van der Waals surface area contributed by atoms with Crippen molar-refractivity contribution >= 4 is 51.6 Å². The number of aliphatic hydroxyl groups excluding tert-OH is 1. The minimum atomic E-state index is -0.765. The molecule has 0 fully saturated rings. The van der Waals surface area contributed by atoms with Crippen LogP contribution < -0.4 is 0 Å². The van der Waals surface area contributed by atoms with E-state index >= 15 is 0 Å². The minimum Gasteiger partial charge on any atom is -0.506 e. The van der Waals surface area contributed by atoms with Crippen molar-refractivity contribution in [3.63, 3.8) is 0 Å². The average Bonchev–Trinajstić information content (AvgIpc) is 2.56. The lowest BCUT2D eigenvalue weighted by molar-refractivity contribution is -0.137. The highest BCUT2D eigenvalue weighted by atomic mass is 127. The molecule has 0 atom stereocenters. The minimum absolute atomic E-state index is 0.123. The van der Waals surface area contributed by atoms with E-state index in [4.69, 9.17) is 21.7 Å². The van der Waals surface area contributed by atoms with Crippen LogP contribution in [0.15, 0.2) is 54.1 Å². The van der Waals surface area contributed by atoms with Gasteiger partial charge in [-0.1, -0.05) is 35.9 Å². The number of nitrogens with one attached hydrogen (secondary N) is 1. The summed E-state index contributed by atoms with van der Waals surface area (Å²) in [7, 11) is 0. The number of hydrogen-bond acceptors (Lipinski definition) is 4. The number of benzene rings is 2. The van der Waals surface area contributed by atoms with Gasteiger partial charge in [-0.05, 0) is 53.8 Å². The molecule has 0 aliphatic rings. The summed E-state index contributed by atoms with van der Waals surface area (Å²) in [4.78, 5) is 12.3. The van der Waals surface area contributed by atoms with Crippen LogP contribution >= 0.6 is 34.2 Å². The van der Waals surface area contributed by atoms with Gasteiger partial charge in [0.15, 0.2) is 0 Å². The Morgan fingerprint density at radius 2 is 1.83 bits per heavy atom. The fourth-order valence-corrected chi connectivity index (χ4v) is 2.65. The molecule has 2 aromatic carbocycles. The molecule has 0 aliphatic carbocycles. The van der Waals surface area contributed by atoms with Crippen LogP contribution in [0.2, 0.25) is 5.02 Å². The maximum Gasteiger partial charge on any atom is 0.344 e. The zero-order valence-corrected chi connectivity index (χ0v) is 15.8. The van der Waals surface area contributed by atoms with Gasteiger partial charge in [0.1, 0.15) is 11.3 Å². The second-order valence-corrected chi connectivity index (χ2v) is 6.46. The summed E-state index contributed by atoms with van der Waals surface area (Å²) in [6.45, 7) is 1.80. The second kappa shape index (κ2) is 8.30. The van der Waals surface area contributed by atoms with Crippen molar-refractivity contribution < 1.29 is 14.6 Å². The molecule has 2 rings (SSSR count). The molecule has 0 aliphatic heterocycles. The van der Waals surface area contributed by atoms with Crippen LogP contribution in [0.4, 0.5) is 0 Å². The predicted octanol–water partition coefficient (Wildman–Crippen LogP) is 4.84. The van der Waals surface area contributed by atoms with Gasteiger partial charge in [0.2, 0.25) is 0 Å². The van der Waals surface area contributed by atoms with Crippen molar-refractivity contribution in [2.75, 3.05) is 6.61 Å². The van der Waals surface area contributed by atoms with Crippen molar-refractivity contribution in [2.24, 2.45) is 0 Å². The van der Waals surface area contributed by atoms with Crippen LogP contribution in [0.5, 0.6) is 0 Å². The maximum absolute atomic E-state index is 12.3. The van der Waals surface area contributed by atoms with Gasteiger partial charge in [-0.3, -0.25) is 5.41 Å². The monoisotopic (exact) mass is 455 g/mol. The van der Waals surface area contributed by atoms with Crippen molar-refractivity contribution in [1.29, 1.82) is 5.41 Å². The van der Waals surface area contributed by atoms with Gasteiger partial charge >= 0.3 is 5.97 Å². The summed E-state index contributed by atoms with van der Waals surface area (Å²) >= 11 is 8.25. The van der Waals surface area contributed by atoms with Gasteiger partial charge in [-0.25, -0.2) is 4.79 Å². The summed E-state index contributed by atoms with van der Waals surface area (Å²) in [6, 6.07) is 13.6. The first-order valence-electron chi connectivity index (χ1n) is 7.15. The van der Waals surface area contributed by atoms with Crippen molar-refractivity contribution in [3.8, 4) is 0 Å². The largest absolute Gasteiger partial charge is 0.506 e. The fourth-order valence-electron chi connectivity index (χ4n) is 2.07. The number of esters is 1. The van der Waals surface area contributed by atoms with Gasteiger partial charge in [-0.2, -0.15) is 0 Å². The summed E-state index contributed by atoms with van der Waals surface area (Å²) in [5.41, 5.74) is 0.433. The molecule has 24 heavy (non-hydrogen) atoms. The van der Waals surface area contributed by atoms with E-state index in [0.29, 0.717) is 5.56 Å². The third kappa shape index (κ3) is 4.15. The van der Waals surface area contributed by atoms with Crippen molar-refractivity contribution in [2.45, 2.75) is 6.92 Å². The van der Waals surface area contributed by atoms with Crippen LogP contribution in [0.1, 0.15) is 18.1 Å². The first-order chi connectivity index (χ1) is 11.5. The van der Waals surface area contributed by atoms with Gasteiger partial charge in [0.25, 0.3) is 0 Å².